The molecule has 0 spiro atoms. The first kappa shape index (κ1) is 31.2. The first-order valence-electron chi connectivity index (χ1n) is 18.8. The normalized spacial score (nSPS) is 11.6. The van der Waals surface area contributed by atoms with Crippen molar-refractivity contribution in [2.45, 2.75) is 0 Å². The third kappa shape index (κ3) is 5.13. The molecule has 0 unspecified atom stereocenters. The van der Waals surface area contributed by atoms with Gasteiger partial charge in [0, 0.05) is 38.6 Å². The minimum atomic E-state index is 0.914. The Labute approximate surface area is 318 Å². The first-order chi connectivity index (χ1) is 27.3. The van der Waals surface area contributed by atoms with Crippen molar-refractivity contribution < 1.29 is 4.42 Å². The molecule has 0 saturated carbocycles. The summed E-state index contributed by atoms with van der Waals surface area (Å²) in [6.07, 6.45) is 0. The van der Waals surface area contributed by atoms with Gasteiger partial charge in [-0.2, -0.15) is 0 Å². The summed E-state index contributed by atoms with van der Waals surface area (Å²) in [4.78, 5) is 2.40. The van der Waals surface area contributed by atoms with E-state index in [0.29, 0.717) is 0 Å². The average Bonchev–Trinajstić information content (AvgIpc) is 3.82. The van der Waals surface area contributed by atoms with Crippen LogP contribution in [0.1, 0.15) is 0 Å². The van der Waals surface area contributed by atoms with Gasteiger partial charge in [-0.25, -0.2) is 0 Å². The standard InChI is InChI=1S/C52H34N2O/c1-3-12-35(13-4-1)36-24-29-41(30-25-36)53(48-20-11-18-44-43-16-7-9-19-47(43)54(52(44)48)40-14-5-2-6-15-40)42-31-26-37(27-32-42)39-23-22-38-28-33-50-51(46(38)34-39)45-17-8-10-21-49(45)55-50/h1-34H. The number of rotatable bonds is 6. The average molecular weight is 703 g/mol. The summed E-state index contributed by atoms with van der Waals surface area (Å²) in [6, 6.07) is 74.0. The van der Waals surface area contributed by atoms with Gasteiger partial charge in [-0.15, -0.1) is 0 Å². The summed E-state index contributed by atoms with van der Waals surface area (Å²) in [5.41, 5.74) is 13.3. The van der Waals surface area contributed by atoms with Gasteiger partial charge in [0.2, 0.25) is 0 Å². The van der Waals surface area contributed by atoms with Gasteiger partial charge in [-0.3, -0.25) is 0 Å². The number of benzene rings is 9. The van der Waals surface area contributed by atoms with E-state index in [2.05, 4.69) is 204 Å². The predicted molar refractivity (Wildman–Crippen MR) is 231 cm³/mol. The van der Waals surface area contributed by atoms with Crippen molar-refractivity contribution in [1.82, 2.24) is 4.57 Å². The van der Waals surface area contributed by atoms with E-state index in [4.69, 9.17) is 4.42 Å². The van der Waals surface area contributed by atoms with Crippen LogP contribution in [-0.4, -0.2) is 4.57 Å². The summed E-state index contributed by atoms with van der Waals surface area (Å²) in [5.74, 6) is 0. The van der Waals surface area contributed by atoms with Gasteiger partial charge < -0.3 is 13.9 Å². The molecule has 2 heterocycles. The van der Waals surface area contributed by atoms with E-state index in [9.17, 15) is 0 Å². The number of anilines is 3. The first-order valence-corrected chi connectivity index (χ1v) is 18.8. The highest BCUT2D eigenvalue weighted by Crippen LogP contribution is 2.44. The van der Waals surface area contributed by atoms with E-state index in [1.54, 1.807) is 0 Å². The monoisotopic (exact) mass is 702 g/mol. The molecule has 0 atom stereocenters. The highest BCUT2D eigenvalue weighted by Gasteiger charge is 2.22. The van der Waals surface area contributed by atoms with Crippen LogP contribution in [0.25, 0.3) is 82.5 Å². The Hall–Kier alpha value is -7.36. The quantitative estimate of drug-likeness (QED) is 0.172. The van der Waals surface area contributed by atoms with E-state index in [-0.39, 0.29) is 0 Å². The second kappa shape index (κ2) is 12.6. The van der Waals surface area contributed by atoms with Crippen LogP contribution in [0.2, 0.25) is 0 Å². The van der Waals surface area contributed by atoms with Crippen LogP contribution in [0.3, 0.4) is 0 Å². The maximum Gasteiger partial charge on any atom is 0.136 e. The Morgan fingerprint density at radius 1 is 0.382 bits per heavy atom. The Morgan fingerprint density at radius 3 is 1.73 bits per heavy atom. The fourth-order valence-corrected chi connectivity index (χ4v) is 8.41. The lowest BCUT2D eigenvalue weighted by atomic mass is 9.98. The van der Waals surface area contributed by atoms with Crippen LogP contribution in [0.5, 0.6) is 0 Å². The second-order valence-electron chi connectivity index (χ2n) is 14.1. The van der Waals surface area contributed by atoms with Crippen molar-refractivity contribution >= 4 is 71.6 Å². The van der Waals surface area contributed by atoms with Crippen molar-refractivity contribution in [3.63, 3.8) is 0 Å². The zero-order valence-corrected chi connectivity index (χ0v) is 29.9. The molecule has 0 N–H and O–H groups in total. The van der Waals surface area contributed by atoms with Gasteiger partial charge in [-0.05, 0) is 99.8 Å². The lowest BCUT2D eigenvalue weighted by Crippen LogP contribution is -2.11. The molecule has 3 heteroatoms. The molecule has 0 aliphatic heterocycles. The number of hydrogen-bond donors (Lipinski definition) is 0. The van der Waals surface area contributed by atoms with Crippen LogP contribution in [0.15, 0.2) is 211 Å². The Bertz CT molecular complexity index is 3180. The minimum absolute atomic E-state index is 0.914. The molecule has 0 fully saturated rings. The number of hydrogen-bond acceptors (Lipinski definition) is 2. The molecule has 11 aromatic rings. The number of furan rings is 1. The minimum Gasteiger partial charge on any atom is -0.456 e. The summed E-state index contributed by atoms with van der Waals surface area (Å²) < 4.78 is 8.66. The van der Waals surface area contributed by atoms with Gasteiger partial charge in [0.25, 0.3) is 0 Å². The highest BCUT2D eigenvalue weighted by molar-refractivity contribution is 6.19. The summed E-state index contributed by atoms with van der Waals surface area (Å²) in [6.45, 7) is 0. The van der Waals surface area contributed by atoms with Gasteiger partial charge in [0.15, 0.2) is 0 Å². The van der Waals surface area contributed by atoms with E-state index in [0.717, 1.165) is 50.4 Å². The number of nitrogens with zero attached hydrogens (tertiary/aromatic N) is 2. The fourth-order valence-electron chi connectivity index (χ4n) is 8.41. The van der Waals surface area contributed by atoms with E-state index >= 15 is 0 Å². The van der Waals surface area contributed by atoms with Gasteiger partial charge >= 0.3 is 0 Å². The van der Waals surface area contributed by atoms with E-state index in [1.807, 2.05) is 12.1 Å². The molecular formula is C52H34N2O. The SMILES string of the molecule is c1ccc(-c2ccc(N(c3ccc(-c4ccc5ccc6oc7ccccc7c6c5c4)cc3)c3cccc4c5ccccc5n(-c5ccccc5)c34)cc2)cc1. The molecule has 258 valence electrons. The summed E-state index contributed by atoms with van der Waals surface area (Å²) in [7, 11) is 0. The van der Waals surface area contributed by atoms with Gasteiger partial charge in [0.05, 0.1) is 16.7 Å². The highest BCUT2D eigenvalue weighted by atomic mass is 16.3. The zero-order chi connectivity index (χ0) is 36.3. The van der Waals surface area contributed by atoms with Gasteiger partial charge in [-0.1, -0.05) is 140 Å². The van der Waals surface area contributed by atoms with Crippen LogP contribution in [-0.2, 0) is 0 Å². The molecule has 2 aromatic heterocycles. The van der Waals surface area contributed by atoms with Crippen LogP contribution in [0, 0.1) is 0 Å². The third-order valence-corrected chi connectivity index (χ3v) is 11.0. The molecular weight excluding hydrogens is 669 g/mol. The molecule has 3 nitrogen and oxygen atoms in total. The smallest absolute Gasteiger partial charge is 0.136 e. The fraction of sp³-hybridized carbons (Fsp3) is 0. The molecule has 0 bridgehead atoms. The van der Waals surface area contributed by atoms with Crippen molar-refractivity contribution in [2.24, 2.45) is 0 Å². The third-order valence-electron chi connectivity index (χ3n) is 11.0. The van der Waals surface area contributed by atoms with E-state index < -0.39 is 0 Å². The maximum absolute atomic E-state index is 6.24. The summed E-state index contributed by atoms with van der Waals surface area (Å²) >= 11 is 0. The Kier molecular flexibility index (Phi) is 7.17. The second-order valence-corrected chi connectivity index (χ2v) is 14.1. The van der Waals surface area contributed by atoms with Gasteiger partial charge in [0.1, 0.15) is 11.2 Å². The Morgan fingerprint density at radius 2 is 0.964 bits per heavy atom. The molecule has 0 aliphatic carbocycles. The molecule has 0 aliphatic rings. The van der Waals surface area contributed by atoms with Crippen LogP contribution >= 0.6 is 0 Å². The number of para-hydroxylation sites is 4. The molecule has 9 aromatic carbocycles. The van der Waals surface area contributed by atoms with Crippen LogP contribution in [0.4, 0.5) is 17.1 Å². The topological polar surface area (TPSA) is 21.3 Å². The van der Waals surface area contributed by atoms with Crippen molar-refractivity contribution in [3.8, 4) is 27.9 Å². The predicted octanol–water partition coefficient (Wildman–Crippen LogP) is 14.6. The maximum atomic E-state index is 6.24. The number of fused-ring (bicyclic) bond motifs is 8. The van der Waals surface area contributed by atoms with E-state index in [1.165, 1.54) is 49.1 Å². The molecule has 55 heavy (non-hydrogen) atoms. The van der Waals surface area contributed by atoms with Crippen molar-refractivity contribution in [1.29, 1.82) is 0 Å². The zero-order valence-electron chi connectivity index (χ0n) is 29.9. The van der Waals surface area contributed by atoms with Crippen LogP contribution < -0.4 is 4.90 Å². The molecule has 0 radical (unpaired) electrons. The largest absolute Gasteiger partial charge is 0.456 e. The summed E-state index contributed by atoms with van der Waals surface area (Å²) in [5, 5.41) is 7.16. The Balaban J connectivity index is 1.09. The van der Waals surface area contributed by atoms with Crippen molar-refractivity contribution in [2.75, 3.05) is 4.90 Å². The lowest BCUT2D eigenvalue weighted by Gasteiger charge is -2.27. The molecule has 0 saturated heterocycles. The van der Waals surface area contributed by atoms with Crippen molar-refractivity contribution in [3.05, 3.63) is 206 Å². The lowest BCUT2D eigenvalue weighted by molar-refractivity contribution is 0.669. The number of aromatic nitrogens is 1. The molecule has 0 amide bonds. The molecule has 11 rings (SSSR count).